The largest absolute Gasteiger partial charge is 0.459 e. The first-order valence-electron chi connectivity index (χ1n) is 21.6. The SMILES string of the molecule is CCCCN(C)[C@H]1C[C@@H](C)O[C@@H](O[C@@H]2[C@@H](C)C(=O)[C@@H](C)C(=O)O[C@H](CC)[C@@](C)(O)[C@@H]3CC/C(=C\C=C\c4ccccc4)CO[C@]2(C)C[C@@H](C)C(=NC(C)=O)[C@@H]3C)[C@@H]1O. The van der Waals surface area contributed by atoms with Crippen LogP contribution in [0.25, 0.3) is 6.08 Å². The second-order valence-corrected chi connectivity index (χ2v) is 17.8. The summed E-state index contributed by atoms with van der Waals surface area (Å²) in [5, 5.41) is 24.5. The van der Waals surface area contributed by atoms with Gasteiger partial charge in [-0.25, -0.2) is 4.99 Å². The maximum atomic E-state index is 14.6. The molecule has 0 unspecified atom stereocenters. The van der Waals surface area contributed by atoms with Crippen molar-refractivity contribution in [2.45, 2.75) is 162 Å². The van der Waals surface area contributed by atoms with E-state index in [-0.39, 0.29) is 37.0 Å². The summed E-state index contributed by atoms with van der Waals surface area (Å²) in [6, 6.07) is 9.73. The summed E-state index contributed by atoms with van der Waals surface area (Å²) in [4.78, 5) is 48.2. The number of unbranched alkanes of at least 4 members (excludes halogenated alkanes) is 1. The van der Waals surface area contributed by atoms with Crippen molar-refractivity contribution >= 4 is 29.4 Å². The number of carbonyl (C=O) groups is 3. The normalized spacial score (nSPS) is 38.7. The van der Waals surface area contributed by atoms with Crippen LogP contribution in [0.15, 0.2) is 53.0 Å². The molecule has 0 radical (unpaired) electrons. The lowest BCUT2D eigenvalue weighted by Gasteiger charge is -2.48. The molecule has 0 aliphatic carbocycles. The molecule has 3 heterocycles. The number of likely N-dealkylation sites (N-methyl/N-ethyl adjacent to an activating group) is 1. The van der Waals surface area contributed by atoms with Crippen LogP contribution in [0.2, 0.25) is 0 Å². The molecular weight excluding hydrogens is 737 g/mol. The standard InChI is InChI=1S/C47H72N2O9/c1-12-14-25-49(11)38-26-30(4)56-45(42(38)52)58-43-32(6)41(51)33(7)44(53)57-39(13-2)47(10,54)37-24-23-36(22-18-21-35-19-16-15-17-20-35)28-55-46(43,9)27-29(3)40(31(37)5)48-34(8)50/h15-22,29-33,37-39,42-43,45,52,54H,12-14,23-28H2,1-11H3/b21-18+,36-22+,48-40?/t29-,30-,31-,32+,33-,37-,38+,39-,42-,43-,45+,46-,47+/m1/s1. The van der Waals surface area contributed by atoms with Gasteiger partial charge in [0.25, 0.3) is 0 Å². The Bertz CT molecular complexity index is 1620. The summed E-state index contributed by atoms with van der Waals surface area (Å²) in [6.07, 6.45) is 5.80. The summed E-state index contributed by atoms with van der Waals surface area (Å²) in [5.74, 6) is -4.97. The van der Waals surface area contributed by atoms with E-state index >= 15 is 0 Å². The number of aliphatic hydroxyl groups excluding tert-OH is 1. The Balaban J connectivity index is 1.95. The van der Waals surface area contributed by atoms with Gasteiger partial charge in [0.05, 0.1) is 24.4 Å². The zero-order valence-electron chi connectivity index (χ0n) is 37.0. The predicted molar refractivity (Wildman–Crippen MR) is 227 cm³/mol. The number of carbonyl (C=O) groups excluding carboxylic acids is 3. The van der Waals surface area contributed by atoms with Crippen molar-refractivity contribution in [1.29, 1.82) is 0 Å². The fourth-order valence-corrected chi connectivity index (χ4v) is 9.57. The fourth-order valence-electron chi connectivity index (χ4n) is 9.57. The molecule has 0 spiro atoms. The van der Waals surface area contributed by atoms with E-state index in [0.717, 1.165) is 30.5 Å². The van der Waals surface area contributed by atoms with E-state index in [1.165, 1.54) is 13.8 Å². The van der Waals surface area contributed by atoms with Crippen LogP contribution in [0.3, 0.4) is 0 Å². The highest BCUT2D eigenvalue weighted by Crippen LogP contribution is 2.43. The summed E-state index contributed by atoms with van der Waals surface area (Å²) in [7, 11) is 2.00. The number of aliphatic imine (C=N–C) groups is 1. The third-order valence-electron chi connectivity index (χ3n) is 13.0. The van der Waals surface area contributed by atoms with Crippen LogP contribution >= 0.6 is 0 Å². The number of aliphatic hydroxyl groups is 2. The van der Waals surface area contributed by atoms with Crippen LogP contribution in [-0.4, -0.2) is 107 Å². The molecule has 3 saturated heterocycles. The molecule has 11 heteroatoms. The molecule has 13 atom stereocenters. The van der Waals surface area contributed by atoms with E-state index in [0.29, 0.717) is 31.4 Å². The Morgan fingerprint density at radius 1 is 1.07 bits per heavy atom. The van der Waals surface area contributed by atoms with Crippen molar-refractivity contribution in [3.63, 3.8) is 0 Å². The molecule has 11 nitrogen and oxygen atoms in total. The molecule has 4 rings (SSSR count). The number of fused-ring (bicyclic) bond motifs is 5. The zero-order chi connectivity index (χ0) is 42.9. The van der Waals surface area contributed by atoms with Gasteiger partial charge < -0.3 is 34.1 Å². The van der Waals surface area contributed by atoms with Gasteiger partial charge >= 0.3 is 5.97 Å². The molecule has 324 valence electrons. The third kappa shape index (κ3) is 11.6. The van der Waals surface area contributed by atoms with Gasteiger partial charge in [0, 0.05) is 30.5 Å². The number of benzene rings is 1. The van der Waals surface area contributed by atoms with Crippen LogP contribution in [0.4, 0.5) is 0 Å². The summed E-state index contributed by atoms with van der Waals surface area (Å²) < 4.78 is 26.5. The molecule has 3 fully saturated rings. The number of ether oxygens (including phenoxy) is 4. The molecule has 2 N–H and O–H groups in total. The van der Waals surface area contributed by atoms with Gasteiger partial charge in [-0.15, -0.1) is 0 Å². The molecule has 1 aromatic carbocycles. The molecule has 1 aromatic rings. The van der Waals surface area contributed by atoms with Gasteiger partial charge in [-0.05, 0) is 103 Å². The average Bonchev–Trinajstić information content (AvgIpc) is 3.19. The van der Waals surface area contributed by atoms with Crippen molar-refractivity contribution in [1.82, 2.24) is 4.90 Å². The Morgan fingerprint density at radius 3 is 2.40 bits per heavy atom. The number of esters is 1. The number of ketones is 1. The van der Waals surface area contributed by atoms with Gasteiger partial charge in [0.15, 0.2) is 12.1 Å². The summed E-state index contributed by atoms with van der Waals surface area (Å²) in [6.45, 7) is 19.2. The van der Waals surface area contributed by atoms with Crippen molar-refractivity contribution in [2.75, 3.05) is 20.2 Å². The number of Topliss-reactive ketones (excluding diaryl/α,β-unsaturated/α-hetero) is 1. The van der Waals surface area contributed by atoms with E-state index in [1.807, 2.05) is 90.2 Å². The number of nitrogens with zero attached hydrogens (tertiary/aromatic N) is 2. The highest BCUT2D eigenvalue weighted by molar-refractivity contribution is 6.00. The van der Waals surface area contributed by atoms with Gasteiger partial charge in [0.1, 0.15) is 23.7 Å². The highest BCUT2D eigenvalue weighted by atomic mass is 16.7. The first kappa shape index (κ1) is 47.6. The molecule has 3 aliphatic heterocycles. The van der Waals surface area contributed by atoms with Crippen LogP contribution in [0, 0.1) is 29.6 Å². The third-order valence-corrected chi connectivity index (χ3v) is 13.0. The van der Waals surface area contributed by atoms with E-state index in [1.54, 1.807) is 13.8 Å². The zero-order valence-corrected chi connectivity index (χ0v) is 37.0. The predicted octanol–water partition coefficient (Wildman–Crippen LogP) is 7.37. The average molecular weight is 809 g/mol. The van der Waals surface area contributed by atoms with Gasteiger partial charge in [-0.1, -0.05) is 89.6 Å². The van der Waals surface area contributed by atoms with Gasteiger partial charge in [-0.2, -0.15) is 0 Å². The van der Waals surface area contributed by atoms with Crippen LogP contribution in [-0.2, 0) is 33.3 Å². The maximum Gasteiger partial charge on any atom is 0.316 e. The maximum absolute atomic E-state index is 14.6. The first-order chi connectivity index (χ1) is 27.3. The molecule has 0 saturated carbocycles. The summed E-state index contributed by atoms with van der Waals surface area (Å²) >= 11 is 0. The highest BCUT2D eigenvalue weighted by Gasteiger charge is 2.52. The molecular formula is C47H72N2O9. The van der Waals surface area contributed by atoms with Crippen LogP contribution in [0.5, 0.6) is 0 Å². The van der Waals surface area contributed by atoms with E-state index in [2.05, 4.69) is 16.8 Å². The van der Waals surface area contributed by atoms with Crippen molar-refractivity contribution in [3.05, 3.63) is 53.6 Å². The topological polar surface area (TPSA) is 144 Å². The molecule has 58 heavy (non-hydrogen) atoms. The lowest BCUT2D eigenvalue weighted by atomic mass is 9.68. The number of cyclic esters (lactones) is 1. The fraction of sp³-hybridized carbons (Fsp3) is 0.702. The number of allylic oxidation sites excluding steroid dienone is 2. The number of amides is 1. The molecule has 1 amide bonds. The van der Waals surface area contributed by atoms with Crippen molar-refractivity contribution in [3.8, 4) is 0 Å². The smallest absolute Gasteiger partial charge is 0.316 e. The minimum atomic E-state index is -1.56. The lowest BCUT2D eigenvalue weighted by Crippen LogP contribution is -2.60. The monoisotopic (exact) mass is 809 g/mol. The van der Waals surface area contributed by atoms with Gasteiger partial charge in [-0.3, -0.25) is 14.4 Å². The number of hydrogen-bond donors (Lipinski definition) is 2. The van der Waals surface area contributed by atoms with Crippen LogP contribution in [0.1, 0.15) is 120 Å². The number of rotatable bonds is 9. The van der Waals surface area contributed by atoms with Crippen LogP contribution < -0.4 is 0 Å². The second kappa shape index (κ2) is 21.0. The first-order valence-corrected chi connectivity index (χ1v) is 21.6. The quantitative estimate of drug-likeness (QED) is 0.192. The molecule has 0 aromatic heterocycles. The Hall–Kier alpha value is -3.06. The van der Waals surface area contributed by atoms with E-state index < -0.39 is 71.2 Å². The van der Waals surface area contributed by atoms with E-state index in [9.17, 15) is 24.6 Å². The number of hydrogen-bond acceptors (Lipinski definition) is 10. The molecule has 2 bridgehead atoms. The minimum absolute atomic E-state index is 0.167. The Morgan fingerprint density at radius 2 is 1.76 bits per heavy atom. The Kier molecular flexibility index (Phi) is 17.2. The van der Waals surface area contributed by atoms with Crippen molar-refractivity contribution < 1.29 is 43.5 Å². The molecule has 3 aliphatic rings. The summed E-state index contributed by atoms with van der Waals surface area (Å²) in [5.41, 5.74) is -0.232. The second-order valence-electron chi connectivity index (χ2n) is 17.8. The minimum Gasteiger partial charge on any atom is -0.459 e. The Labute approximate surface area is 347 Å². The van der Waals surface area contributed by atoms with Crippen molar-refractivity contribution in [2.24, 2.45) is 34.6 Å². The van der Waals surface area contributed by atoms with E-state index in [4.69, 9.17) is 18.9 Å². The lowest BCUT2D eigenvalue weighted by molar-refractivity contribution is -0.297. The van der Waals surface area contributed by atoms with Gasteiger partial charge in [0.2, 0.25) is 5.91 Å².